The molecule has 3 amide bonds. The Balaban J connectivity index is 1.71. The molecule has 2 aromatic rings. The van der Waals surface area contributed by atoms with Gasteiger partial charge in [-0.2, -0.15) is 0 Å². The van der Waals surface area contributed by atoms with Crippen molar-refractivity contribution in [1.82, 2.24) is 4.90 Å². The van der Waals surface area contributed by atoms with E-state index in [0.717, 1.165) is 22.2 Å². The number of aryl methyl sites for hydroxylation is 1. The molecule has 0 radical (unpaired) electrons. The summed E-state index contributed by atoms with van der Waals surface area (Å²) in [5.41, 5.74) is 2.15. The number of hydrogen-bond donors (Lipinski definition) is 2. The van der Waals surface area contributed by atoms with Crippen molar-refractivity contribution in [2.24, 2.45) is 0 Å². The largest absolute Gasteiger partial charge is 0.493 e. The quantitative estimate of drug-likeness (QED) is 0.562. The fraction of sp³-hybridized carbons (Fsp3) is 0.217. The lowest BCUT2D eigenvalue weighted by Crippen LogP contribution is -2.36. The lowest BCUT2D eigenvalue weighted by molar-refractivity contribution is -0.144. The van der Waals surface area contributed by atoms with E-state index in [9.17, 15) is 19.2 Å². The van der Waals surface area contributed by atoms with Gasteiger partial charge in [0.1, 0.15) is 6.54 Å². The van der Waals surface area contributed by atoms with Gasteiger partial charge in [-0.1, -0.05) is 23.8 Å². The average Bonchev–Trinajstić information content (AvgIpc) is 3.03. The van der Waals surface area contributed by atoms with E-state index in [1.54, 1.807) is 24.3 Å². The molecule has 10 heteroatoms. The molecule has 33 heavy (non-hydrogen) atoms. The molecule has 1 heterocycles. The van der Waals surface area contributed by atoms with E-state index in [2.05, 4.69) is 5.32 Å². The Bertz CT molecular complexity index is 1130. The molecule has 1 aliphatic rings. The lowest BCUT2D eigenvalue weighted by Gasteiger charge is -2.14. The molecule has 1 saturated heterocycles. The first-order chi connectivity index (χ1) is 15.7. The monoisotopic (exact) mass is 470 g/mol. The molecule has 0 saturated carbocycles. The van der Waals surface area contributed by atoms with E-state index in [4.69, 9.17) is 14.6 Å². The molecular formula is C23H22N2O7S. The maximum Gasteiger partial charge on any atom is 0.344 e. The summed E-state index contributed by atoms with van der Waals surface area (Å²) in [6.07, 6.45) is 0.419. The smallest absolute Gasteiger partial charge is 0.344 e. The van der Waals surface area contributed by atoms with Crippen LogP contribution in [0.4, 0.5) is 10.5 Å². The number of carboxylic acid groups (broad SMARTS) is 1. The van der Waals surface area contributed by atoms with Crippen LogP contribution in [-0.4, -0.2) is 52.8 Å². The number of imide groups is 1. The van der Waals surface area contributed by atoms with Gasteiger partial charge in [0.05, 0.1) is 12.0 Å². The molecule has 1 aliphatic heterocycles. The minimum absolute atomic E-state index is 0.151. The van der Waals surface area contributed by atoms with Crippen LogP contribution in [0, 0.1) is 6.92 Å². The molecule has 2 N–H and O–H groups in total. The SMILES string of the molecule is COc1cc(/C=C2/SC(=O)N(CC(=O)Nc3ccc(C)cc3)C2=O)ccc1O[C@H](C)C(=O)O. The van der Waals surface area contributed by atoms with Crippen LogP contribution in [-0.2, 0) is 14.4 Å². The number of thioether (sulfide) groups is 1. The van der Waals surface area contributed by atoms with Crippen LogP contribution >= 0.6 is 11.8 Å². The summed E-state index contributed by atoms with van der Waals surface area (Å²) in [6, 6.07) is 11.8. The number of carboxylic acids is 1. The van der Waals surface area contributed by atoms with Crippen molar-refractivity contribution < 1.29 is 33.8 Å². The van der Waals surface area contributed by atoms with E-state index in [1.807, 2.05) is 19.1 Å². The topological polar surface area (TPSA) is 122 Å². The second-order valence-electron chi connectivity index (χ2n) is 7.19. The van der Waals surface area contributed by atoms with Crippen LogP contribution in [0.1, 0.15) is 18.1 Å². The van der Waals surface area contributed by atoms with E-state index in [0.29, 0.717) is 11.3 Å². The van der Waals surface area contributed by atoms with Crippen molar-refractivity contribution in [3.05, 3.63) is 58.5 Å². The third-order valence-corrected chi connectivity index (χ3v) is 5.55. The second-order valence-corrected chi connectivity index (χ2v) is 8.18. The lowest BCUT2D eigenvalue weighted by atomic mass is 10.1. The fourth-order valence-corrected chi connectivity index (χ4v) is 3.72. The van der Waals surface area contributed by atoms with Gasteiger partial charge in [0.25, 0.3) is 11.1 Å². The van der Waals surface area contributed by atoms with Crippen LogP contribution in [0.2, 0.25) is 0 Å². The molecule has 2 aromatic carbocycles. The summed E-state index contributed by atoms with van der Waals surface area (Å²) < 4.78 is 10.6. The van der Waals surface area contributed by atoms with Gasteiger partial charge in [0.2, 0.25) is 5.91 Å². The number of nitrogens with one attached hydrogen (secondary N) is 1. The van der Waals surface area contributed by atoms with Crippen LogP contribution in [0.25, 0.3) is 6.08 Å². The van der Waals surface area contributed by atoms with Gasteiger partial charge in [0.15, 0.2) is 17.6 Å². The Hall–Kier alpha value is -3.79. The number of rotatable bonds is 8. The molecule has 0 aliphatic carbocycles. The van der Waals surface area contributed by atoms with Gasteiger partial charge in [-0.15, -0.1) is 0 Å². The Kier molecular flexibility index (Phi) is 7.39. The fourth-order valence-electron chi connectivity index (χ4n) is 2.88. The highest BCUT2D eigenvalue weighted by atomic mass is 32.2. The van der Waals surface area contributed by atoms with Gasteiger partial charge < -0.3 is 19.9 Å². The van der Waals surface area contributed by atoms with E-state index in [-0.39, 0.29) is 16.4 Å². The predicted molar refractivity (Wildman–Crippen MR) is 123 cm³/mol. The van der Waals surface area contributed by atoms with Gasteiger partial charge in [0, 0.05) is 5.69 Å². The van der Waals surface area contributed by atoms with Crippen LogP contribution < -0.4 is 14.8 Å². The summed E-state index contributed by atoms with van der Waals surface area (Å²) >= 11 is 0.728. The zero-order valence-corrected chi connectivity index (χ0v) is 19.0. The maximum absolute atomic E-state index is 12.7. The molecule has 3 rings (SSSR count). The molecule has 9 nitrogen and oxygen atoms in total. The molecule has 0 aromatic heterocycles. The van der Waals surface area contributed by atoms with Crippen LogP contribution in [0.5, 0.6) is 11.5 Å². The minimum atomic E-state index is -1.12. The first-order valence-corrected chi connectivity index (χ1v) is 10.7. The molecule has 0 spiro atoms. The number of carbonyl (C=O) groups is 4. The van der Waals surface area contributed by atoms with Gasteiger partial charge in [-0.05, 0) is 61.5 Å². The predicted octanol–water partition coefficient (Wildman–Crippen LogP) is 3.53. The standard InChI is InChI=1S/C23H22N2O7S/c1-13-4-7-16(8-5-13)24-20(26)12-25-21(27)19(33-23(25)30)11-15-6-9-17(18(10-15)31-3)32-14(2)22(28)29/h4-11,14H,12H2,1-3H3,(H,24,26)(H,28,29)/b19-11+/t14-/m1/s1. The molecule has 0 bridgehead atoms. The molecule has 1 fully saturated rings. The van der Waals surface area contributed by atoms with Crippen molar-refractivity contribution in [2.75, 3.05) is 19.0 Å². The summed E-state index contributed by atoms with van der Waals surface area (Å²) in [6.45, 7) is 2.91. The van der Waals surface area contributed by atoms with Crippen molar-refractivity contribution in [3.63, 3.8) is 0 Å². The number of anilines is 1. The number of ether oxygens (including phenoxy) is 2. The van der Waals surface area contributed by atoms with Gasteiger partial charge >= 0.3 is 5.97 Å². The second kappa shape index (κ2) is 10.2. The third kappa shape index (κ3) is 5.92. The number of amides is 3. The summed E-state index contributed by atoms with van der Waals surface area (Å²) in [5, 5.41) is 11.1. The van der Waals surface area contributed by atoms with Gasteiger partial charge in [-0.3, -0.25) is 19.3 Å². The number of methoxy groups -OCH3 is 1. The summed E-state index contributed by atoms with van der Waals surface area (Å²) in [7, 11) is 1.40. The highest BCUT2D eigenvalue weighted by Gasteiger charge is 2.36. The van der Waals surface area contributed by atoms with Crippen molar-refractivity contribution in [2.45, 2.75) is 20.0 Å². The first-order valence-electron chi connectivity index (χ1n) is 9.87. The van der Waals surface area contributed by atoms with Crippen molar-refractivity contribution in [1.29, 1.82) is 0 Å². The highest BCUT2D eigenvalue weighted by Crippen LogP contribution is 2.34. The number of benzene rings is 2. The average molecular weight is 471 g/mol. The number of nitrogens with zero attached hydrogens (tertiary/aromatic N) is 1. The molecule has 0 unspecified atom stereocenters. The van der Waals surface area contributed by atoms with E-state index in [1.165, 1.54) is 26.2 Å². The van der Waals surface area contributed by atoms with Crippen LogP contribution in [0.3, 0.4) is 0 Å². The first kappa shape index (κ1) is 23.9. The van der Waals surface area contributed by atoms with E-state index >= 15 is 0 Å². The highest BCUT2D eigenvalue weighted by molar-refractivity contribution is 8.18. The molecular weight excluding hydrogens is 448 g/mol. The summed E-state index contributed by atoms with van der Waals surface area (Å²) in [5.74, 6) is -1.69. The third-order valence-electron chi connectivity index (χ3n) is 4.65. The number of aliphatic carboxylic acids is 1. The Morgan fingerprint density at radius 2 is 1.85 bits per heavy atom. The Morgan fingerprint density at radius 1 is 1.15 bits per heavy atom. The van der Waals surface area contributed by atoms with Gasteiger partial charge in [-0.25, -0.2) is 4.79 Å². The zero-order chi connectivity index (χ0) is 24.1. The minimum Gasteiger partial charge on any atom is -0.493 e. The summed E-state index contributed by atoms with van der Waals surface area (Å²) in [4.78, 5) is 49.4. The number of hydrogen-bond acceptors (Lipinski definition) is 7. The zero-order valence-electron chi connectivity index (χ0n) is 18.2. The molecule has 172 valence electrons. The van der Waals surface area contributed by atoms with Crippen molar-refractivity contribution >= 4 is 46.5 Å². The maximum atomic E-state index is 12.7. The number of carbonyl (C=O) groups excluding carboxylic acids is 3. The molecule has 1 atom stereocenters. The normalized spacial score (nSPS) is 15.5. The Morgan fingerprint density at radius 3 is 2.48 bits per heavy atom. The van der Waals surface area contributed by atoms with Crippen molar-refractivity contribution in [3.8, 4) is 11.5 Å². The van der Waals surface area contributed by atoms with Crippen LogP contribution in [0.15, 0.2) is 47.4 Å². The van der Waals surface area contributed by atoms with E-state index < -0.39 is 35.7 Å². The Labute approximate surface area is 194 Å².